The Morgan fingerprint density at radius 1 is 1.07 bits per heavy atom. The van der Waals surface area contributed by atoms with E-state index in [0.717, 1.165) is 34.6 Å². The molecule has 0 aliphatic heterocycles. The monoisotopic (exact) mass is 410 g/mol. The minimum atomic E-state index is -0.305. The van der Waals surface area contributed by atoms with Crippen molar-refractivity contribution in [3.05, 3.63) is 59.2 Å². The van der Waals surface area contributed by atoms with E-state index >= 15 is 0 Å². The number of aryl methyl sites for hydroxylation is 1. The summed E-state index contributed by atoms with van der Waals surface area (Å²) in [6, 6.07) is 13.7. The van der Waals surface area contributed by atoms with Crippen LogP contribution in [0.15, 0.2) is 47.6 Å². The third-order valence-corrected chi connectivity index (χ3v) is 4.72. The Kier molecular flexibility index (Phi) is 9.92. The van der Waals surface area contributed by atoms with Crippen molar-refractivity contribution in [3.8, 4) is 11.5 Å². The molecular weight excluding hydrogens is 376 g/mol. The summed E-state index contributed by atoms with van der Waals surface area (Å²) in [4.78, 5) is 12.1. The van der Waals surface area contributed by atoms with Gasteiger partial charge in [-0.05, 0) is 48.6 Å². The first-order valence-electron chi connectivity index (χ1n) is 10.8. The molecule has 162 valence electrons. The first-order valence-corrected chi connectivity index (χ1v) is 10.8. The number of rotatable bonds is 12. The summed E-state index contributed by atoms with van der Waals surface area (Å²) in [5.74, 6) is 1.52. The van der Waals surface area contributed by atoms with Crippen LogP contribution in [-0.4, -0.2) is 25.3 Å². The van der Waals surface area contributed by atoms with Gasteiger partial charge in [0.15, 0.2) is 6.61 Å². The number of para-hydroxylation sites is 1. The van der Waals surface area contributed by atoms with Crippen LogP contribution >= 0.6 is 0 Å². The van der Waals surface area contributed by atoms with Gasteiger partial charge < -0.3 is 9.47 Å². The molecule has 0 unspecified atom stereocenters. The molecule has 0 radical (unpaired) electrons. The van der Waals surface area contributed by atoms with Crippen molar-refractivity contribution in [2.45, 2.75) is 59.3 Å². The molecule has 0 atom stereocenters. The summed E-state index contributed by atoms with van der Waals surface area (Å²) in [6.07, 6.45) is 6.23. The Bertz CT molecular complexity index is 831. The average Bonchev–Trinajstić information content (AvgIpc) is 2.73. The molecule has 0 aliphatic rings. The summed E-state index contributed by atoms with van der Waals surface area (Å²) >= 11 is 0. The molecule has 1 N–H and O–H groups in total. The fourth-order valence-corrected chi connectivity index (χ4v) is 3.02. The Balaban J connectivity index is 1.86. The Hall–Kier alpha value is -2.82. The second kappa shape index (κ2) is 12.7. The predicted octanol–water partition coefficient (Wildman–Crippen LogP) is 5.61. The maximum Gasteiger partial charge on any atom is 0.277 e. The molecule has 0 fully saturated rings. The molecule has 5 nitrogen and oxygen atoms in total. The van der Waals surface area contributed by atoms with Crippen LogP contribution in [0.3, 0.4) is 0 Å². The number of unbranched alkanes of at least 4 members (excludes halogenated alkanes) is 3. The number of hydrazone groups is 1. The van der Waals surface area contributed by atoms with E-state index in [0.29, 0.717) is 12.5 Å². The van der Waals surface area contributed by atoms with Crippen LogP contribution in [0, 0.1) is 6.92 Å². The zero-order chi connectivity index (χ0) is 21.8. The Morgan fingerprint density at radius 3 is 2.63 bits per heavy atom. The fraction of sp³-hybridized carbons (Fsp3) is 0.440. The number of carbonyl (C=O) groups is 1. The zero-order valence-corrected chi connectivity index (χ0v) is 18.6. The molecule has 0 heterocycles. The van der Waals surface area contributed by atoms with Crippen molar-refractivity contribution >= 4 is 12.1 Å². The summed E-state index contributed by atoms with van der Waals surface area (Å²) in [5, 5.41) is 4.06. The number of ether oxygens (including phenoxy) is 2. The predicted molar refractivity (Wildman–Crippen MR) is 123 cm³/mol. The third-order valence-electron chi connectivity index (χ3n) is 4.72. The van der Waals surface area contributed by atoms with Crippen molar-refractivity contribution in [2.75, 3.05) is 13.2 Å². The van der Waals surface area contributed by atoms with E-state index in [1.54, 1.807) is 6.21 Å². The van der Waals surface area contributed by atoms with Crippen LogP contribution in [0.1, 0.15) is 69.1 Å². The SMILES string of the molecule is CCCCCCOc1ccccc1/C=N/NC(=O)COc1cc(C)ccc1C(C)C. The first kappa shape index (κ1) is 23.5. The van der Waals surface area contributed by atoms with Crippen molar-refractivity contribution in [3.63, 3.8) is 0 Å². The topological polar surface area (TPSA) is 59.9 Å². The minimum Gasteiger partial charge on any atom is -0.493 e. The minimum absolute atomic E-state index is 0.0872. The summed E-state index contributed by atoms with van der Waals surface area (Å²) in [6.45, 7) is 8.99. The lowest BCUT2D eigenvalue weighted by Gasteiger charge is -2.14. The number of nitrogens with zero attached hydrogens (tertiary/aromatic N) is 1. The molecule has 5 heteroatoms. The summed E-state index contributed by atoms with van der Waals surface area (Å²) < 4.78 is 11.6. The van der Waals surface area contributed by atoms with Gasteiger partial charge in [-0.1, -0.05) is 64.3 Å². The summed E-state index contributed by atoms with van der Waals surface area (Å²) in [7, 11) is 0. The van der Waals surface area contributed by atoms with E-state index < -0.39 is 0 Å². The van der Waals surface area contributed by atoms with Crippen LogP contribution in [0.4, 0.5) is 0 Å². The van der Waals surface area contributed by atoms with Crippen LogP contribution in [0.5, 0.6) is 11.5 Å². The average molecular weight is 411 g/mol. The van der Waals surface area contributed by atoms with Gasteiger partial charge in [0.2, 0.25) is 0 Å². The number of hydrogen-bond acceptors (Lipinski definition) is 4. The van der Waals surface area contributed by atoms with Gasteiger partial charge in [-0.25, -0.2) is 5.43 Å². The number of amides is 1. The maximum atomic E-state index is 12.1. The number of nitrogens with one attached hydrogen (secondary N) is 1. The molecule has 0 bridgehead atoms. The van der Waals surface area contributed by atoms with Gasteiger partial charge in [-0.2, -0.15) is 5.10 Å². The second-order valence-electron chi connectivity index (χ2n) is 7.72. The molecule has 0 saturated carbocycles. The van der Waals surface area contributed by atoms with E-state index in [2.05, 4.69) is 37.4 Å². The van der Waals surface area contributed by atoms with Crippen molar-refractivity contribution < 1.29 is 14.3 Å². The highest BCUT2D eigenvalue weighted by Gasteiger charge is 2.10. The van der Waals surface area contributed by atoms with Crippen molar-refractivity contribution in [1.29, 1.82) is 0 Å². The normalized spacial score (nSPS) is 11.1. The zero-order valence-electron chi connectivity index (χ0n) is 18.6. The number of carbonyl (C=O) groups excluding carboxylic acids is 1. The van der Waals surface area contributed by atoms with Gasteiger partial charge in [0, 0.05) is 5.56 Å². The molecular formula is C25H34N2O3. The van der Waals surface area contributed by atoms with Crippen molar-refractivity contribution in [1.82, 2.24) is 5.43 Å². The van der Waals surface area contributed by atoms with E-state index in [1.165, 1.54) is 19.3 Å². The van der Waals surface area contributed by atoms with E-state index in [-0.39, 0.29) is 12.5 Å². The quantitative estimate of drug-likeness (QED) is 0.281. The maximum absolute atomic E-state index is 12.1. The third kappa shape index (κ3) is 7.90. The Morgan fingerprint density at radius 2 is 1.87 bits per heavy atom. The lowest BCUT2D eigenvalue weighted by molar-refractivity contribution is -0.123. The largest absolute Gasteiger partial charge is 0.493 e. The highest BCUT2D eigenvalue weighted by molar-refractivity contribution is 5.85. The van der Waals surface area contributed by atoms with Gasteiger partial charge in [0.05, 0.1) is 12.8 Å². The van der Waals surface area contributed by atoms with Crippen molar-refractivity contribution in [2.24, 2.45) is 5.10 Å². The number of hydrogen-bond donors (Lipinski definition) is 1. The smallest absolute Gasteiger partial charge is 0.277 e. The number of benzene rings is 2. The first-order chi connectivity index (χ1) is 14.5. The lowest BCUT2D eigenvalue weighted by atomic mass is 10.0. The molecule has 2 rings (SSSR count). The van der Waals surface area contributed by atoms with Crippen LogP contribution < -0.4 is 14.9 Å². The standard InChI is InChI=1S/C25H34N2O3/c1-5-6-7-10-15-29-23-12-9-8-11-21(23)17-26-27-25(28)18-30-24-16-20(4)13-14-22(24)19(2)3/h8-9,11-14,16-17,19H,5-7,10,15,18H2,1-4H3,(H,27,28)/b26-17+. The molecule has 0 aromatic heterocycles. The fourth-order valence-electron chi connectivity index (χ4n) is 3.02. The molecule has 0 saturated heterocycles. The van der Waals surface area contributed by atoms with Gasteiger partial charge in [-0.3, -0.25) is 4.79 Å². The molecule has 1 amide bonds. The van der Waals surface area contributed by atoms with Gasteiger partial charge in [-0.15, -0.1) is 0 Å². The van der Waals surface area contributed by atoms with Gasteiger partial charge in [0.1, 0.15) is 11.5 Å². The van der Waals surface area contributed by atoms with E-state index in [4.69, 9.17) is 9.47 Å². The van der Waals surface area contributed by atoms with Gasteiger partial charge >= 0.3 is 0 Å². The Labute approximate surface area is 180 Å². The molecule has 0 aliphatic carbocycles. The molecule has 2 aromatic carbocycles. The molecule has 2 aromatic rings. The van der Waals surface area contributed by atoms with E-state index in [1.807, 2.05) is 43.3 Å². The van der Waals surface area contributed by atoms with E-state index in [9.17, 15) is 4.79 Å². The van der Waals surface area contributed by atoms with Crippen LogP contribution in [0.2, 0.25) is 0 Å². The lowest BCUT2D eigenvalue weighted by Crippen LogP contribution is -2.25. The second-order valence-corrected chi connectivity index (χ2v) is 7.72. The van der Waals surface area contributed by atoms with Gasteiger partial charge in [0.25, 0.3) is 5.91 Å². The summed E-state index contributed by atoms with van der Waals surface area (Å²) in [5.41, 5.74) is 5.54. The molecule has 0 spiro atoms. The highest BCUT2D eigenvalue weighted by Crippen LogP contribution is 2.27. The van der Waals surface area contributed by atoms with Crippen LogP contribution in [-0.2, 0) is 4.79 Å². The van der Waals surface area contributed by atoms with Crippen LogP contribution in [0.25, 0.3) is 0 Å². The highest BCUT2D eigenvalue weighted by atomic mass is 16.5. The molecule has 30 heavy (non-hydrogen) atoms.